The number of aliphatic hydroxyl groups is 1. The Bertz CT molecular complexity index is 1410. The molecule has 3 aromatic heterocycles. The summed E-state index contributed by atoms with van der Waals surface area (Å²) in [7, 11) is 1.64. The zero-order valence-corrected chi connectivity index (χ0v) is 21.0. The first-order valence-electron chi connectivity index (χ1n) is 11.1. The first-order chi connectivity index (χ1) is 16.8. The summed E-state index contributed by atoms with van der Waals surface area (Å²) in [5.74, 6) is -2.43. The molecule has 0 spiro atoms. The van der Waals surface area contributed by atoms with Gasteiger partial charge in [-0.1, -0.05) is 0 Å². The summed E-state index contributed by atoms with van der Waals surface area (Å²) in [5, 5.41) is 20.2. The molecule has 0 bridgehead atoms. The lowest BCUT2D eigenvalue weighted by atomic mass is 9.90. The van der Waals surface area contributed by atoms with E-state index in [4.69, 9.17) is 5.73 Å². The van der Waals surface area contributed by atoms with Crippen molar-refractivity contribution >= 4 is 17.2 Å². The molecule has 4 aromatic rings. The van der Waals surface area contributed by atoms with Crippen LogP contribution in [0.5, 0.6) is 0 Å². The Labute approximate surface area is 210 Å². The summed E-state index contributed by atoms with van der Waals surface area (Å²) in [6.45, 7) is 4.88. The van der Waals surface area contributed by atoms with Gasteiger partial charge in [0, 0.05) is 23.5 Å². The third-order valence-corrected chi connectivity index (χ3v) is 6.32. The normalized spacial score (nSPS) is 13.4. The minimum absolute atomic E-state index is 0.179. The van der Waals surface area contributed by atoms with Crippen LogP contribution in [-0.2, 0) is 18.2 Å². The van der Waals surface area contributed by atoms with Crippen LogP contribution >= 0.6 is 11.3 Å². The largest absolute Gasteiger partial charge is 0.382 e. The van der Waals surface area contributed by atoms with Crippen LogP contribution in [-0.4, -0.2) is 37.3 Å². The number of thiazole rings is 1. The first kappa shape index (κ1) is 25.5. The van der Waals surface area contributed by atoms with E-state index in [2.05, 4.69) is 20.4 Å². The average Bonchev–Trinajstić information content (AvgIpc) is 3.48. The standard InChI is InChI=1S/C25H26F2N6O2S/c1-24(2,28)15-8-18(14-5-6-16(26)17(27)7-14)31-22(9-15)25(3,35)12-29-23(34)21-10-19(32-33(21)4)20-11-36-13-30-20/h5-11,13,35H,12,28H2,1-4H3,(H,29,34). The number of carbonyl (C=O) groups excluding carboxylic acids is 1. The van der Waals surface area contributed by atoms with Gasteiger partial charge >= 0.3 is 0 Å². The van der Waals surface area contributed by atoms with Crippen molar-refractivity contribution in [1.29, 1.82) is 0 Å². The quantitative estimate of drug-likeness (QED) is 0.347. The smallest absolute Gasteiger partial charge is 0.269 e. The molecule has 0 aliphatic carbocycles. The number of nitrogens with zero attached hydrogens (tertiary/aromatic N) is 4. The van der Waals surface area contributed by atoms with Gasteiger partial charge in [-0.3, -0.25) is 9.48 Å². The molecule has 4 rings (SSSR count). The van der Waals surface area contributed by atoms with E-state index in [9.17, 15) is 18.7 Å². The van der Waals surface area contributed by atoms with Crippen molar-refractivity contribution in [2.45, 2.75) is 31.9 Å². The zero-order valence-electron chi connectivity index (χ0n) is 20.2. The molecular weight excluding hydrogens is 486 g/mol. The molecule has 0 saturated heterocycles. The molecule has 8 nitrogen and oxygen atoms in total. The number of nitrogens with one attached hydrogen (secondary N) is 1. The molecule has 0 saturated carbocycles. The summed E-state index contributed by atoms with van der Waals surface area (Å²) in [5.41, 5.74) is 8.55. The van der Waals surface area contributed by atoms with E-state index in [1.807, 2.05) is 5.38 Å². The van der Waals surface area contributed by atoms with Crippen molar-refractivity contribution < 1.29 is 18.7 Å². The first-order valence-corrected chi connectivity index (χ1v) is 12.0. The monoisotopic (exact) mass is 512 g/mol. The number of aryl methyl sites for hydroxylation is 1. The molecule has 4 N–H and O–H groups in total. The molecule has 188 valence electrons. The molecule has 1 atom stereocenters. The van der Waals surface area contributed by atoms with Crippen molar-refractivity contribution in [3.05, 3.63) is 75.9 Å². The number of hydrogen-bond acceptors (Lipinski definition) is 7. The zero-order chi connectivity index (χ0) is 26.3. The fourth-order valence-corrected chi connectivity index (χ4v) is 4.11. The van der Waals surface area contributed by atoms with Gasteiger partial charge in [-0.25, -0.2) is 18.7 Å². The summed E-state index contributed by atoms with van der Waals surface area (Å²) in [6.07, 6.45) is 0. The Morgan fingerprint density at radius 1 is 1.11 bits per heavy atom. The molecule has 1 amide bonds. The van der Waals surface area contributed by atoms with Gasteiger partial charge in [-0.15, -0.1) is 11.3 Å². The second-order valence-corrected chi connectivity index (χ2v) is 10.1. The van der Waals surface area contributed by atoms with Crippen LogP contribution in [0.3, 0.4) is 0 Å². The number of rotatable bonds is 7. The fraction of sp³-hybridized carbons (Fsp3) is 0.280. The molecular formula is C25H26F2N6O2S. The van der Waals surface area contributed by atoms with Crippen molar-refractivity contribution in [2.75, 3.05) is 6.54 Å². The Kier molecular flexibility index (Phi) is 6.74. The number of amides is 1. The van der Waals surface area contributed by atoms with Crippen LogP contribution in [0, 0.1) is 11.6 Å². The third-order valence-electron chi connectivity index (χ3n) is 5.74. The maximum Gasteiger partial charge on any atom is 0.269 e. The summed E-state index contributed by atoms with van der Waals surface area (Å²) < 4.78 is 28.8. The highest BCUT2D eigenvalue weighted by molar-refractivity contribution is 7.07. The SMILES string of the molecule is Cn1nc(-c2cscn2)cc1C(=O)NCC(C)(O)c1cc(C(C)(C)N)cc(-c2ccc(F)c(F)c2)n1. The summed E-state index contributed by atoms with van der Waals surface area (Å²) >= 11 is 1.42. The van der Waals surface area contributed by atoms with Crippen LogP contribution in [0.1, 0.15) is 42.5 Å². The molecule has 0 radical (unpaired) electrons. The lowest BCUT2D eigenvalue weighted by Crippen LogP contribution is -2.40. The van der Waals surface area contributed by atoms with Gasteiger partial charge in [-0.2, -0.15) is 5.10 Å². The fourth-order valence-electron chi connectivity index (χ4n) is 3.56. The lowest BCUT2D eigenvalue weighted by Gasteiger charge is -2.27. The Morgan fingerprint density at radius 3 is 2.50 bits per heavy atom. The Morgan fingerprint density at radius 2 is 1.86 bits per heavy atom. The number of nitrogens with two attached hydrogens (primary N) is 1. The molecule has 1 unspecified atom stereocenters. The van der Waals surface area contributed by atoms with Crippen LogP contribution in [0.4, 0.5) is 8.78 Å². The Hall–Kier alpha value is -3.54. The summed E-state index contributed by atoms with van der Waals surface area (Å²) in [6, 6.07) is 8.37. The predicted octanol–water partition coefficient (Wildman–Crippen LogP) is 3.72. The van der Waals surface area contributed by atoms with Gasteiger partial charge in [0.05, 0.1) is 23.4 Å². The number of benzene rings is 1. The predicted molar refractivity (Wildman–Crippen MR) is 133 cm³/mol. The van der Waals surface area contributed by atoms with Gasteiger partial charge in [0.2, 0.25) is 0 Å². The molecule has 0 fully saturated rings. The number of pyridine rings is 1. The number of hydrogen-bond donors (Lipinski definition) is 3. The van der Waals surface area contributed by atoms with Crippen molar-refractivity contribution in [3.63, 3.8) is 0 Å². The van der Waals surface area contributed by atoms with E-state index in [0.29, 0.717) is 33.9 Å². The minimum atomic E-state index is -1.61. The van der Waals surface area contributed by atoms with E-state index < -0.39 is 28.7 Å². The molecule has 11 heteroatoms. The number of halogens is 2. The molecule has 3 heterocycles. The Balaban J connectivity index is 1.61. The van der Waals surface area contributed by atoms with E-state index in [-0.39, 0.29) is 12.2 Å². The molecule has 36 heavy (non-hydrogen) atoms. The van der Waals surface area contributed by atoms with E-state index >= 15 is 0 Å². The minimum Gasteiger partial charge on any atom is -0.382 e. The lowest BCUT2D eigenvalue weighted by molar-refractivity contribution is 0.0486. The second-order valence-electron chi connectivity index (χ2n) is 9.35. The van der Waals surface area contributed by atoms with Gasteiger partial charge < -0.3 is 16.2 Å². The highest BCUT2D eigenvalue weighted by Crippen LogP contribution is 2.30. The van der Waals surface area contributed by atoms with E-state index in [0.717, 1.165) is 12.1 Å². The van der Waals surface area contributed by atoms with Crippen molar-refractivity contribution in [1.82, 2.24) is 25.1 Å². The van der Waals surface area contributed by atoms with Crippen LogP contribution in [0.2, 0.25) is 0 Å². The van der Waals surface area contributed by atoms with E-state index in [1.165, 1.54) is 29.0 Å². The molecule has 0 aliphatic heterocycles. The maximum absolute atomic E-state index is 13.9. The van der Waals surface area contributed by atoms with Gasteiger partial charge in [0.15, 0.2) is 11.6 Å². The highest BCUT2D eigenvalue weighted by atomic mass is 32.1. The number of carbonyl (C=O) groups is 1. The van der Waals surface area contributed by atoms with Crippen LogP contribution in [0.15, 0.2) is 47.3 Å². The molecule has 0 aliphatic rings. The van der Waals surface area contributed by atoms with Gasteiger partial charge in [0.25, 0.3) is 5.91 Å². The average molecular weight is 513 g/mol. The number of aromatic nitrogens is 4. The van der Waals surface area contributed by atoms with Gasteiger partial charge in [0.1, 0.15) is 22.7 Å². The topological polar surface area (TPSA) is 119 Å². The van der Waals surface area contributed by atoms with Crippen LogP contribution < -0.4 is 11.1 Å². The second kappa shape index (κ2) is 9.49. The highest BCUT2D eigenvalue weighted by Gasteiger charge is 2.29. The van der Waals surface area contributed by atoms with Gasteiger partial charge in [-0.05, 0) is 62.7 Å². The van der Waals surface area contributed by atoms with Crippen molar-refractivity contribution in [3.8, 4) is 22.6 Å². The third kappa shape index (κ3) is 5.32. The summed E-state index contributed by atoms with van der Waals surface area (Å²) in [4.78, 5) is 21.6. The maximum atomic E-state index is 13.9. The molecule has 1 aromatic carbocycles. The van der Waals surface area contributed by atoms with Crippen LogP contribution in [0.25, 0.3) is 22.6 Å². The van der Waals surface area contributed by atoms with E-state index in [1.54, 1.807) is 44.6 Å². The van der Waals surface area contributed by atoms with Crippen molar-refractivity contribution in [2.24, 2.45) is 12.8 Å².